The van der Waals surface area contributed by atoms with Crippen LogP contribution in [0.3, 0.4) is 0 Å². The normalized spacial score (nSPS) is 19.7. The average Bonchev–Trinajstić information content (AvgIpc) is 3.11. The van der Waals surface area contributed by atoms with Gasteiger partial charge in [0, 0.05) is 32.0 Å². The lowest BCUT2D eigenvalue weighted by Gasteiger charge is -2.38. The van der Waals surface area contributed by atoms with Crippen molar-refractivity contribution in [3.05, 3.63) is 23.2 Å². The van der Waals surface area contributed by atoms with Crippen molar-refractivity contribution in [2.45, 2.75) is 13.0 Å². The minimum absolute atomic E-state index is 0.0793. The Morgan fingerprint density at radius 2 is 2.33 bits per heavy atom. The Bertz CT molecular complexity index is 611. The molecule has 3 rings (SSSR count). The summed E-state index contributed by atoms with van der Waals surface area (Å²) in [6, 6.07) is -0.0635. The van der Waals surface area contributed by atoms with Crippen molar-refractivity contribution in [1.29, 1.82) is 0 Å². The highest BCUT2D eigenvalue weighted by Gasteiger charge is 2.30. The van der Waals surface area contributed by atoms with E-state index in [1.165, 1.54) is 11.3 Å². The second-order valence-corrected chi connectivity index (χ2v) is 6.15. The Hall–Kier alpha value is -2.00. The molecule has 0 bridgehead atoms. The molecule has 0 aliphatic carbocycles. The molecule has 3 heterocycles. The van der Waals surface area contributed by atoms with Gasteiger partial charge in [-0.3, -0.25) is 10.2 Å². The van der Waals surface area contributed by atoms with Crippen molar-refractivity contribution >= 4 is 22.5 Å². The first-order valence-corrected chi connectivity index (χ1v) is 7.50. The van der Waals surface area contributed by atoms with E-state index in [1.807, 2.05) is 14.0 Å². The van der Waals surface area contributed by atoms with E-state index >= 15 is 0 Å². The number of piperazine rings is 1. The standard InChI is InChI=1S/C12H17N7OS/c1-8-16-17-11(21-8)15-12(20)19-6-5-18(2)9(7-19)10-13-3-4-14-10/h3-4,9H,5-7H2,1-2H3,(H,13,14)(H,15,17,20). The highest BCUT2D eigenvalue weighted by atomic mass is 32.1. The van der Waals surface area contributed by atoms with E-state index in [-0.39, 0.29) is 12.1 Å². The summed E-state index contributed by atoms with van der Waals surface area (Å²) >= 11 is 1.37. The van der Waals surface area contributed by atoms with Gasteiger partial charge >= 0.3 is 6.03 Å². The van der Waals surface area contributed by atoms with Crippen molar-refractivity contribution in [1.82, 2.24) is 30.0 Å². The highest BCUT2D eigenvalue weighted by molar-refractivity contribution is 7.15. The van der Waals surface area contributed by atoms with Crippen molar-refractivity contribution < 1.29 is 4.79 Å². The lowest BCUT2D eigenvalue weighted by Crippen LogP contribution is -2.50. The van der Waals surface area contributed by atoms with Gasteiger partial charge in [-0.1, -0.05) is 11.3 Å². The molecule has 2 aromatic heterocycles. The van der Waals surface area contributed by atoms with Gasteiger partial charge in [-0.15, -0.1) is 10.2 Å². The number of nitrogens with one attached hydrogen (secondary N) is 2. The number of aromatic amines is 1. The van der Waals surface area contributed by atoms with Gasteiger partial charge in [0.1, 0.15) is 10.8 Å². The van der Waals surface area contributed by atoms with Crippen LogP contribution in [0, 0.1) is 6.92 Å². The first kappa shape index (κ1) is 14.0. The van der Waals surface area contributed by atoms with Gasteiger partial charge in [-0.05, 0) is 14.0 Å². The highest BCUT2D eigenvalue weighted by Crippen LogP contribution is 2.22. The fourth-order valence-corrected chi connectivity index (χ4v) is 2.91. The van der Waals surface area contributed by atoms with Crippen LogP contribution in [0.25, 0.3) is 0 Å². The molecule has 1 aliphatic rings. The summed E-state index contributed by atoms with van der Waals surface area (Å²) in [6.45, 7) is 3.93. The van der Waals surface area contributed by atoms with Crippen molar-refractivity contribution in [2.75, 3.05) is 32.0 Å². The molecule has 1 fully saturated rings. The molecule has 2 amide bonds. The SMILES string of the molecule is Cc1nnc(NC(=O)N2CCN(C)C(c3ncc[nH]3)C2)s1. The third-order valence-electron chi connectivity index (χ3n) is 3.51. The lowest BCUT2D eigenvalue weighted by atomic mass is 10.2. The van der Waals surface area contributed by atoms with E-state index in [4.69, 9.17) is 0 Å². The number of imidazole rings is 1. The van der Waals surface area contributed by atoms with E-state index in [0.29, 0.717) is 18.2 Å². The number of carbonyl (C=O) groups is 1. The van der Waals surface area contributed by atoms with Crippen LogP contribution in [0.1, 0.15) is 16.9 Å². The van der Waals surface area contributed by atoms with Crippen molar-refractivity contribution in [3.8, 4) is 0 Å². The fraction of sp³-hybridized carbons (Fsp3) is 0.500. The van der Waals surface area contributed by atoms with Crippen LogP contribution in [0.5, 0.6) is 0 Å². The monoisotopic (exact) mass is 307 g/mol. The molecule has 0 saturated carbocycles. The Morgan fingerprint density at radius 3 is 3.00 bits per heavy atom. The number of rotatable bonds is 2. The predicted molar refractivity (Wildman–Crippen MR) is 79.2 cm³/mol. The molecule has 1 unspecified atom stereocenters. The quantitative estimate of drug-likeness (QED) is 0.867. The van der Waals surface area contributed by atoms with Crippen LogP contribution in [-0.4, -0.2) is 62.7 Å². The fourth-order valence-electron chi connectivity index (χ4n) is 2.33. The average molecular weight is 307 g/mol. The van der Waals surface area contributed by atoms with Crippen molar-refractivity contribution in [2.24, 2.45) is 0 Å². The number of hydrogen-bond acceptors (Lipinski definition) is 6. The minimum atomic E-state index is -0.143. The summed E-state index contributed by atoms with van der Waals surface area (Å²) in [7, 11) is 2.04. The van der Waals surface area contributed by atoms with Crippen molar-refractivity contribution in [3.63, 3.8) is 0 Å². The molecule has 2 aromatic rings. The van der Waals surface area contributed by atoms with E-state index in [1.54, 1.807) is 17.3 Å². The molecule has 0 aromatic carbocycles. The first-order valence-electron chi connectivity index (χ1n) is 6.69. The number of H-pyrrole nitrogens is 1. The molecular weight excluding hydrogens is 290 g/mol. The van der Waals surface area contributed by atoms with Crippen LogP contribution in [0.2, 0.25) is 0 Å². The molecule has 1 saturated heterocycles. The number of carbonyl (C=O) groups excluding carboxylic acids is 1. The van der Waals surface area contributed by atoms with E-state index in [9.17, 15) is 4.79 Å². The molecule has 1 aliphatic heterocycles. The summed E-state index contributed by atoms with van der Waals surface area (Å²) in [5.74, 6) is 0.877. The van der Waals surface area contributed by atoms with Gasteiger partial charge in [0.15, 0.2) is 0 Å². The summed E-state index contributed by atoms with van der Waals surface area (Å²) < 4.78 is 0. The molecule has 1 atom stereocenters. The van der Waals surface area contributed by atoms with Gasteiger partial charge in [0.2, 0.25) is 5.13 Å². The largest absolute Gasteiger partial charge is 0.347 e. The second kappa shape index (κ2) is 5.78. The van der Waals surface area contributed by atoms with E-state index < -0.39 is 0 Å². The van der Waals surface area contributed by atoms with Gasteiger partial charge in [0.05, 0.1) is 6.04 Å². The Morgan fingerprint density at radius 1 is 1.48 bits per heavy atom. The summed E-state index contributed by atoms with van der Waals surface area (Å²) in [4.78, 5) is 23.7. The van der Waals surface area contributed by atoms with Crippen LogP contribution in [0.15, 0.2) is 12.4 Å². The molecule has 0 radical (unpaired) electrons. The zero-order chi connectivity index (χ0) is 14.8. The smallest absolute Gasteiger partial charge is 0.323 e. The van der Waals surface area contributed by atoms with Gasteiger partial charge in [-0.25, -0.2) is 9.78 Å². The molecular formula is C12H17N7OS. The van der Waals surface area contributed by atoms with Gasteiger partial charge in [-0.2, -0.15) is 0 Å². The predicted octanol–water partition coefficient (Wildman–Crippen LogP) is 1.09. The van der Waals surface area contributed by atoms with Crippen LogP contribution >= 0.6 is 11.3 Å². The maximum absolute atomic E-state index is 12.3. The number of anilines is 1. The maximum Gasteiger partial charge on any atom is 0.323 e. The van der Waals surface area contributed by atoms with Crippen LogP contribution < -0.4 is 5.32 Å². The first-order chi connectivity index (χ1) is 10.1. The maximum atomic E-state index is 12.3. The number of aryl methyl sites for hydroxylation is 1. The second-order valence-electron chi connectivity index (χ2n) is 4.97. The summed E-state index contributed by atoms with van der Waals surface area (Å²) in [5.41, 5.74) is 0. The van der Waals surface area contributed by atoms with Gasteiger partial charge in [0.25, 0.3) is 0 Å². The molecule has 2 N–H and O–H groups in total. The van der Waals surface area contributed by atoms with E-state index in [0.717, 1.165) is 17.4 Å². The third-order valence-corrected chi connectivity index (χ3v) is 4.26. The number of aromatic nitrogens is 4. The lowest BCUT2D eigenvalue weighted by molar-refractivity contribution is 0.112. The number of nitrogens with zero attached hydrogens (tertiary/aromatic N) is 5. The Balaban J connectivity index is 1.67. The summed E-state index contributed by atoms with van der Waals surface area (Å²) in [6.07, 6.45) is 3.53. The van der Waals surface area contributed by atoms with E-state index in [2.05, 4.69) is 30.4 Å². The summed E-state index contributed by atoms with van der Waals surface area (Å²) in [5, 5.41) is 12.0. The molecule has 21 heavy (non-hydrogen) atoms. The minimum Gasteiger partial charge on any atom is -0.347 e. The zero-order valence-corrected chi connectivity index (χ0v) is 12.7. The number of likely N-dealkylation sites (N-methyl/N-ethyl adjacent to an activating group) is 1. The van der Waals surface area contributed by atoms with Crippen LogP contribution in [-0.2, 0) is 0 Å². The van der Waals surface area contributed by atoms with Gasteiger partial charge < -0.3 is 9.88 Å². The molecule has 0 spiro atoms. The topological polar surface area (TPSA) is 90.0 Å². The number of amides is 2. The molecule has 9 heteroatoms. The Kier molecular flexibility index (Phi) is 3.84. The third kappa shape index (κ3) is 3.03. The zero-order valence-electron chi connectivity index (χ0n) is 11.9. The Labute approximate surface area is 126 Å². The number of urea groups is 1. The van der Waals surface area contributed by atoms with Crippen LogP contribution in [0.4, 0.5) is 9.93 Å². The molecule has 8 nitrogen and oxygen atoms in total. The number of hydrogen-bond donors (Lipinski definition) is 2. The molecule has 112 valence electrons.